The summed E-state index contributed by atoms with van der Waals surface area (Å²) in [6.07, 6.45) is 15.1. The monoisotopic (exact) mass is 238 g/mol. The molecule has 0 saturated heterocycles. The zero-order valence-corrected chi connectivity index (χ0v) is 11.9. The van der Waals surface area contributed by atoms with E-state index in [9.17, 15) is 0 Å². The summed E-state index contributed by atoms with van der Waals surface area (Å²) in [6.45, 7) is 4.28. The minimum absolute atomic E-state index is 0. The van der Waals surface area contributed by atoms with Crippen LogP contribution in [0.15, 0.2) is 47.6 Å². The fourth-order valence-corrected chi connectivity index (χ4v) is 1.11. The maximum absolute atomic E-state index is 2.16. The van der Waals surface area contributed by atoms with Crippen molar-refractivity contribution < 1.29 is 21.7 Å². The number of hydrogen-bond acceptors (Lipinski definition) is 0. The topological polar surface area (TPSA) is 0 Å². The van der Waals surface area contributed by atoms with Gasteiger partial charge in [0, 0.05) is 0 Å². The first-order valence-electron chi connectivity index (χ1n) is 4.43. The quantitative estimate of drug-likeness (QED) is 0.424. The molecule has 0 aromatic carbocycles. The standard InChI is InChI=1S/2C6H8.2CH3.Ti/c2*1-6-4-2-3-5-6;;;/h2*2-4H,5H2,1H3;2*1H3;/q;;2*-1;+2. The largest absolute Gasteiger partial charge is 2.00 e. The van der Waals surface area contributed by atoms with E-state index in [1.807, 2.05) is 0 Å². The third-order valence-corrected chi connectivity index (χ3v) is 1.91. The minimum Gasteiger partial charge on any atom is -0.358 e. The van der Waals surface area contributed by atoms with Gasteiger partial charge in [-0.15, -0.1) is 0 Å². The van der Waals surface area contributed by atoms with Gasteiger partial charge in [0.2, 0.25) is 0 Å². The Kier molecular flexibility index (Phi) is 15.8. The Labute approximate surface area is 111 Å². The molecule has 0 aromatic rings. The predicted octanol–water partition coefficient (Wildman–Crippen LogP) is 4.68. The third kappa shape index (κ3) is 9.97. The van der Waals surface area contributed by atoms with Crippen molar-refractivity contribution in [2.45, 2.75) is 26.7 Å². The minimum atomic E-state index is 0. The molecule has 15 heavy (non-hydrogen) atoms. The first-order valence-corrected chi connectivity index (χ1v) is 4.43. The molecule has 2 aliphatic rings. The molecule has 0 spiro atoms. The van der Waals surface area contributed by atoms with Gasteiger partial charge in [-0.25, -0.2) is 0 Å². The molecule has 2 rings (SSSR count). The van der Waals surface area contributed by atoms with E-state index >= 15 is 0 Å². The van der Waals surface area contributed by atoms with Gasteiger partial charge in [0.25, 0.3) is 0 Å². The molecule has 2 aliphatic carbocycles. The number of hydrogen-bond donors (Lipinski definition) is 0. The predicted molar refractivity (Wildman–Crippen MR) is 67.9 cm³/mol. The van der Waals surface area contributed by atoms with Gasteiger partial charge in [0.05, 0.1) is 0 Å². The van der Waals surface area contributed by atoms with Crippen molar-refractivity contribution >= 4 is 0 Å². The molecule has 0 atom stereocenters. The molecule has 0 bridgehead atoms. The van der Waals surface area contributed by atoms with E-state index in [4.69, 9.17) is 0 Å². The molecule has 0 heterocycles. The van der Waals surface area contributed by atoms with E-state index < -0.39 is 0 Å². The van der Waals surface area contributed by atoms with Crippen molar-refractivity contribution in [2.75, 3.05) is 0 Å². The van der Waals surface area contributed by atoms with Crippen LogP contribution in [0.4, 0.5) is 0 Å². The number of allylic oxidation sites excluding steroid dienone is 8. The van der Waals surface area contributed by atoms with Crippen LogP contribution in [0.3, 0.4) is 0 Å². The van der Waals surface area contributed by atoms with E-state index in [1.165, 1.54) is 24.0 Å². The first-order chi connectivity index (χ1) is 5.79. The van der Waals surface area contributed by atoms with E-state index in [2.05, 4.69) is 50.3 Å². The van der Waals surface area contributed by atoms with E-state index in [0.717, 1.165) is 0 Å². The van der Waals surface area contributed by atoms with Crippen LogP contribution in [0.25, 0.3) is 0 Å². The Bertz CT molecular complexity index is 227. The summed E-state index contributed by atoms with van der Waals surface area (Å²) in [5.74, 6) is 0. The van der Waals surface area contributed by atoms with Crippen LogP contribution < -0.4 is 0 Å². The zero-order chi connectivity index (χ0) is 8.81. The Morgan fingerprint density at radius 1 is 0.800 bits per heavy atom. The van der Waals surface area contributed by atoms with Gasteiger partial charge < -0.3 is 14.9 Å². The van der Waals surface area contributed by atoms with Crippen LogP contribution in [0.2, 0.25) is 0 Å². The SMILES string of the molecule is CC1=CC=CC1.CC1=CC=CC1.[CH3-].[CH3-].[Ti+2]. The summed E-state index contributed by atoms with van der Waals surface area (Å²) in [6, 6.07) is 0. The summed E-state index contributed by atoms with van der Waals surface area (Å²) >= 11 is 0. The molecule has 82 valence electrons. The summed E-state index contributed by atoms with van der Waals surface area (Å²) in [7, 11) is 0. The zero-order valence-electron chi connectivity index (χ0n) is 10.4. The van der Waals surface area contributed by atoms with E-state index in [1.54, 1.807) is 0 Å². The van der Waals surface area contributed by atoms with Crippen LogP contribution in [0.5, 0.6) is 0 Å². The molecular formula is C14H22Ti. The number of rotatable bonds is 0. The molecule has 0 amide bonds. The summed E-state index contributed by atoms with van der Waals surface area (Å²) in [5, 5.41) is 0. The molecule has 0 unspecified atom stereocenters. The van der Waals surface area contributed by atoms with Crippen LogP contribution >= 0.6 is 0 Å². The normalized spacial score (nSPS) is 14.8. The molecule has 1 heteroatoms. The second-order valence-electron chi connectivity index (χ2n) is 3.29. The van der Waals surface area contributed by atoms with Gasteiger partial charge in [0.1, 0.15) is 0 Å². The average Bonchev–Trinajstić information content (AvgIpc) is 2.63. The van der Waals surface area contributed by atoms with Gasteiger partial charge >= 0.3 is 21.7 Å². The van der Waals surface area contributed by atoms with Crippen LogP contribution in [0.1, 0.15) is 26.7 Å². The summed E-state index contributed by atoms with van der Waals surface area (Å²) in [5.41, 5.74) is 2.94. The Morgan fingerprint density at radius 3 is 1.20 bits per heavy atom. The molecule has 0 nitrogen and oxygen atoms in total. The molecule has 0 saturated carbocycles. The van der Waals surface area contributed by atoms with Gasteiger partial charge in [0.15, 0.2) is 0 Å². The Balaban J connectivity index is -0.000000160. The van der Waals surface area contributed by atoms with Gasteiger partial charge in [-0.1, -0.05) is 47.6 Å². The average molecular weight is 238 g/mol. The third-order valence-electron chi connectivity index (χ3n) is 1.91. The van der Waals surface area contributed by atoms with Gasteiger partial charge in [-0.2, -0.15) is 0 Å². The van der Waals surface area contributed by atoms with Crippen molar-refractivity contribution in [3.63, 3.8) is 0 Å². The second-order valence-corrected chi connectivity index (χ2v) is 3.29. The maximum Gasteiger partial charge on any atom is 2.00 e. The molecule has 0 aromatic heterocycles. The van der Waals surface area contributed by atoms with Crippen molar-refractivity contribution in [3.8, 4) is 0 Å². The van der Waals surface area contributed by atoms with E-state index in [0.29, 0.717) is 0 Å². The molecule has 0 radical (unpaired) electrons. The molecule has 0 fully saturated rings. The van der Waals surface area contributed by atoms with Crippen molar-refractivity contribution in [3.05, 3.63) is 62.5 Å². The van der Waals surface area contributed by atoms with E-state index in [-0.39, 0.29) is 36.6 Å². The van der Waals surface area contributed by atoms with Crippen molar-refractivity contribution in [2.24, 2.45) is 0 Å². The van der Waals surface area contributed by atoms with Crippen LogP contribution in [-0.4, -0.2) is 0 Å². The molecule has 0 N–H and O–H groups in total. The fourth-order valence-electron chi connectivity index (χ4n) is 1.11. The summed E-state index contributed by atoms with van der Waals surface area (Å²) in [4.78, 5) is 0. The summed E-state index contributed by atoms with van der Waals surface area (Å²) < 4.78 is 0. The Morgan fingerprint density at radius 2 is 1.13 bits per heavy atom. The second kappa shape index (κ2) is 11.7. The first kappa shape index (κ1) is 20.1. The molecule has 0 aliphatic heterocycles. The van der Waals surface area contributed by atoms with Crippen molar-refractivity contribution in [1.29, 1.82) is 0 Å². The van der Waals surface area contributed by atoms with Gasteiger partial charge in [-0.3, -0.25) is 0 Å². The molecular weight excluding hydrogens is 216 g/mol. The maximum atomic E-state index is 2.16. The Hall–Kier alpha value is -0.326. The van der Waals surface area contributed by atoms with Crippen molar-refractivity contribution in [1.82, 2.24) is 0 Å². The van der Waals surface area contributed by atoms with Gasteiger partial charge in [-0.05, 0) is 26.7 Å². The van der Waals surface area contributed by atoms with Crippen LogP contribution in [0, 0.1) is 14.9 Å². The van der Waals surface area contributed by atoms with Crippen LogP contribution in [-0.2, 0) is 21.7 Å². The fraction of sp³-hybridized carbons (Fsp3) is 0.286. The smallest absolute Gasteiger partial charge is 0.358 e.